The second-order valence-electron chi connectivity index (χ2n) is 7.19. The summed E-state index contributed by atoms with van der Waals surface area (Å²) in [5.41, 5.74) is 4.02. The first kappa shape index (κ1) is 18.1. The second kappa shape index (κ2) is 7.40. The average molecular weight is 385 g/mol. The van der Waals surface area contributed by atoms with Crippen molar-refractivity contribution in [1.29, 1.82) is 0 Å². The highest BCUT2D eigenvalue weighted by molar-refractivity contribution is 7.22. The number of ether oxygens (including phenoxy) is 1. The summed E-state index contributed by atoms with van der Waals surface area (Å²) >= 11 is 1.56. The summed E-state index contributed by atoms with van der Waals surface area (Å²) < 4.78 is 8.65. The maximum absolute atomic E-state index is 13.2. The van der Waals surface area contributed by atoms with E-state index in [0.717, 1.165) is 46.2 Å². The van der Waals surface area contributed by atoms with E-state index in [0.29, 0.717) is 6.54 Å². The topological polar surface area (TPSA) is 60.3 Å². The highest BCUT2D eigenvalue weighted by Gasteiger charge is 2.26. The van der Waals surface area contributed by atoms with Crippen molar-refractivity contribution in [2.24, 2.45) is 0 Å². The lowest BCUT2D eigenvalue weighted by atomic mass is 10.2. The first-order valence-corrected chi connectivity index (χ1v) is 10.1. The summed E-state index contributed by atoms with van der Waals surface area (Å²) in [5, 5.41) is 5.17. The minimum atomic E-state index is -0.00696. The Morgan fingerprint density at radius 3 is 2.89 bits per heavy atom. The molecule has 1 fully saturated rings. The van der Waals surface area contributed by atoms with E-state index < -0.39 is 0 Å². The largest absolute Gasteiger partial charge is 0.376 e. The van der Waals surface area contributed by atoms with Crippen LogP contribution in [0.4, 0.5) is 5.13 Å². The minimum Gasteiger partial charge on any atom is -0.376 e. The molecule has 0 saturated carbocycles. The molecule has 1 aliphatic heterocycles. The van der Waals surface area contributed by atoms with E-state index in [1.165, 1.54) is 5.56 Å². The number of aryl methyl sites for hydroxylation is 3. The number of nitrogens with zero attached hydrogens (tertiary/aromatic N) is 4. The third-order valence-corrected chi connectivity index (χ3v) is 5.90. The summed E-state index contributed by atoms with van der Waals surface area (Å²) in [7, 11) is 0. The Bertz CT molecular complexity index is 972. The van der Waals surface area contributed by atoms with Gasteiger partial charge in [0.15, 0.2) is 5.13 Å². The van der Waals surface area contributed by atoms with E-state index in [9.17, 15) is 4.79 Å². The lowest BCUT2D eigenvalue weighted by Gasteiger charge is -2.23. The molecule has 3 aromatic rings. The Labute approximate surface area is 162 Å². The first-order valence-electron chi connectivity index (χ1n) is 9.30. The normalized spacial score (nSPS) is 16.9. The molecule has 6 nitrogen and oxygen atoms in total. The molecule has 142 valence electrons. The fourth-order valence-corrected chi connectivity index (χ4v) is 4.55. The standard InChI is InChI=1S/C20H24N4O2S/c1-13-6-7-17-18(9-13)27-20(21-17)23(11-16-5-4-8-26-16)19(25)12-24-15(3)10-14(2)22-24/h6-7,9-10,16H,4-5,8,11-12H2,1-3H3. The van der Waals surface area contributed by atoms with Crippen LogP contribution in [0.25, 0.3) is 10.2 Å². The van der Waals surface area contributed by atoms with Gasteiger partial charge in [-0.1, -0.05) is 17.4 Å². The van der Waals surface area contributed by atoms with Crippen LogP contribution in [0.2, 0.25) is 0 Å². The molecule has 0 spiro atoms. The molecule has 2 aromatic heterocycles. The van der Waals surface area contributed by atoms with Crippen LogP contribution in [0.15, 0.2) is 24.3 Å². The Balaban J connectivity index is 1.64. The smallest absolute Gasteiger partial charge is 0.250 e. The number of fused-ring (bicyclic) bond motifs is 1. The van der Waals surface area contributed by atoms with Crippen LogP contribution in [0, 0.1) is 20.8 Å². The summed E-state index contributed by atoms with van der Waals surface area (Å²) in [4.78, 5) is 19.7. The van der Waals surface area contributed by atoms with Gasteiger partial charge in [-0.25, -0.2) is 4.98 Å². The Morgan fingerprint density at radius 1 is 1.33 bits per heavy atom. The molecule has 1 unspecified atom stereocenters. The lowest BCUT2D eigenvalue weighted by Crippen LogP contribution is -2.39. The van der Waals surface area contributed by atoms with Crippen molar-refractivity contribution in [2.45, 2.75) is 46.3 Å². The Kier molecular flexibility index (Phi) is 4.97. The number of hydrogen-bond donors (Lipinski definition) is 0. The highest BCUT2D eigenvalue weighted by Crippen LogP contribution is 2.30. The number of carbonyl (C=O) groups is 1. The molecule has 1 amide bonds. The third kappa shape index (κ3) is 3.89. The molecule has 0 radical (unpaired) electrons. The molecule has 1 aromatic carbocycles. The van der Waals surface area contributed by atoms with Gasteiger partial charge in [0, 0.05) is 12.3 Å². The van der Waals surface area contributed by atoms with Crippen molar-refractivity contribution in [2.75, 3.05) is 18.1 Å². The van der Waals surface area contributed by atoms with Crippen molar-refractivity contribution < 1.29 is 9.53 Å². The summed E-state index contributed by atoms with van der Waals surface area (Å²) in [5.74, 6) is -0.00696. The number of thiazole rings is 1. The molecule has 27 heavy (non-hydrogen) atoms. The van der Waals surface area contributed by atoms with Crippen LogP contribution in [0.5, 0.6) is 0 Å². The van der Waals surface area contributed by atoms with Gasteiger partial charge in [0.2, 0.25) is 0 Å². The zero-order chi connectivity index (χ0) is 19.0. The molecule has 0 N–H and O–H groups in total. The quantitative estimate of drug-likeness (QED) is 0.674. The SMILES string of the molecule is Cc1ccc2nc(N(CC3CCCO3)C(=O)Cn3nc(C)cc3C)sc2c1. The molecule has 1 aliphatic rings. The minimum absolute atomic E-state index is 0.00696. The van der Waals surface area contributed by atoms with Crippen LogP contribution in [-0.4, -0.2) is 39.9 Å². The third-order valence-electron chi connectivity index (χ3n) is 4.86. The Morgan fingerprint density at radius 2 is 2.19 bits per heavy atom. The first-order chi connectivity index (χ1) is 13.0. The number of hydrogen-bond acceptors (Lipinski definition) is 5. The molecule has 0 bridgehead atoms. The molecule has 7 heteroatoms. The predicted octanol–water partition coefficient (Wildman–Crippen LogP) is 3.63. The number of benzene rings is 1. The van der Waals surface area contributed by atoms with Crippen molar-refractivity contribution in [3.8, 4) is 0 Å². The van der Waals surface area contributed by atoms with Crippen LogP contribution in [0.3, 0.4) is 0 Å². The molecular weight excluding hydrogens is 360 g/mol. The van der Waals surface area contributed by atoms with Gasteiger partial charge in [0.05, 0.1) is 28.6 Å². The number of amides is 1. The molecule has 3 heterocycles. The predicted molar refractivity (Wildman–Crippen MR) is 107 cm³/mol. The van der Waals surface area contributed by atoms with Gasteiger partial charge >= 0.3 is 0 Å². The van der Waals surface area contributed by atoms with E-state index in [1.54, 1.807) is 20.9 Å². The van der Waals surface area contributed by atoms with Gasteiger partial charge < -0.3 is 4.74 Å². The maximum Gasteiger partial charge on any atom is 0.250 e. The summed E-state index contributed by atoms with van der Waals surface area (Å²) in [6, 6.07) is 8.17. The van der Waals surface area contributed by atoms with Gasteiger partial charge in [-0.2, -0.15) is 5.10 Å². The highest BCUT2D eigenvalue weighted by atomic mass is 32.1. The van der Waals surface area contributed by atoms with Crippen LogP contribution < -0.4 is 4.90 Å². The van der Waals surface area contributed by atoms with Gasteiger partial charge in [0.1, 0.15) is 6.54 Å². The van der Waals surface area contributed by atoms with Gasteiger partial charge in [-0.05, 0) is 57.4 Å². The summed E-state index contributed by atoms with van der Waals surface area (Å²) in [6.07, 6.45) is 2.10. The lowest BCUT2D eigenvalue weighted by molar-refractivity contribution is -0.119. The molecule has 1 atom stereocenters. The zero-order valence-corrected chi connectivity index (χ0v) is 16.8. The monoisotopic (exact) mass is 384 g/mol. The van der Waals surface area contributed by atoms with E-state index in [4.69, 9.17) is 9.72 Å². The van der Waals surface area contributed by atoms with E-state index in [2.05, 4.69) is 18.1 Å². The van der Waals surface area contributed by atoms with Crippen molar-refractivity contribution in [3.63, 3.8) is 0 Å². The average Bonchev–Trinajstić information content (AvgIpc) is 3.33. The number of rotatable bonds is 5. The van der Waals surface area contributed by atoms with Crippen molar-refractivity contribution in [3.05, 3.63) is 41.2 Å². The number of anilines is 1. The van der Waals surface area contributed by atoms with E-state index >= 15 is 0 Å². The van der Waals surface area contributed by atoms with E-state index in [1.807, 2.05) is 32.0 Å². The molecular formula is C20H24N4O2S. The zero-order valence-electron chi connectivity index (χ0n) is 15.9. The van der Waals surface area contributed by atoms with Crippen LogP contribution in [-0.2, 0) is 16.1 Å². The second-order valence-corrected chi connectivity index (χ2v) is 8.20. The van der Waals surface area contributed by atoms with Gasteiger partial charge in [-0.3, -0.25) is 14.4 Å². The van der Waals surface area contributed by atoms with Gasteiger partial charge in [0.25, 0.3) is 5.91 Å². The molecule has 1 saturated heterocycles. The van der Waals surface area contributed by atoms with Crippen LogP contribution >= 0.6 is 11.3 Å². The fourth-order valence-electron chi connectivity index (χ4n) is 3.46. The molecule has 4 rings (SSSR count). The van der Waals surface area contributed by atoms with Gasteiger partial charge in [-0.15, -0.1) is 0 Å². The fraction of sp³-hybridized carbons (Fsp3) is 0.450. The Hall–Kier alpha value is -2.25. The van der Waals surface area contributed by atoms with Crippen molar-refractivity contribution in [1.82, 2.24) is 14.8 Å². The molecule has 0 aliphatic carbocycles. The number of carbonyl (C=O) groups excluding carboxylic acids is 1. The maximum atomic E-state index is 13.2. The van der Waals surface area contributed by atoms with Crippen molar-refractivity contribution >= 4 is 32.6 Å². The number of aromatic nitrogens is 3. The van der Waals surface area contributed by atoms with E-state index in [-0.39, 0.29) is 18.6 Å². The van der Waals surface area contributed by atoms with Crippen LogP contribution in [0.1, 0.15) is 29.8 Å². The summed E-state index contributed by atoms with van der Waals surface area (Å²) in [6.45, 7) is 7.49.